The predicted molar refractivity (Wildman–Crippen MR) is 98.4 cm³/mol. The Hall–Kier alpha value is 0.295. The van der Waals surface area contributed by atoms with Crippen molar-refractivity contribution in [1.82, 2.24) is 0 Å². The van der Waals surface area contributed by atoms with Gasteiger partial charge in [-0.1, -0.05) is 0 Å². The third-order valence-corrected chi connectivity index (χ3v) is 7.22. The molecule has 6 atom stereocenters. The number of carboxylic acids is 1. The summed E-state index contributed by atoms with van der Waals surface area (Å²) in [6.45, 7) is 3.03. The zero-order valence-corrected chi connectivity index (χ0v) is 19.3. The molecule has 2 spiro atoms. The number of hydrogen-bond acceptors (Lipinski definition) is 7. The van der Waals surface area contributed by atoms with Gasteiger partial charge in [-0.15, -0.1) is 0 Å². The van der Waals surface area contributed by atoms with Crippen molar-refractivity contribution >= 4 is 14.4 Å². The van der Waals surface area contributed by atoms with Crippen LogP contribution in [0.3, 0.4) is 0 Å². The molecular weight excluding hydrogens is 390 g/mol. The van der Waals surface area contributed by atoms with E-state index >= 15 is 0 Å². The van der Waals surface area contributed by atoms with Gasteiger partial charge in [0.05, 0.1) is 32.3 Å². The molecular formula is C19H31BNaO8. The Labute approximate surface area is 197 Å². The number of hydrogen-bond donors (Lipinski definition) is 3. The van der Waals surface area contributed by atoms with Gasteiger partial charge in [0.2, 0.25) is 0 Å². The number of ether oxygens (including phenoxy) is 4. The van der Waals surface area contributed by atoms with E-state index in [1.807, 2.05) is 0 Å². The van der Waals surface area contributed by atoms with Gasteiger partial charge in [-0.3, -0.25) is 4.79 Å². The maximum atomic E-state index is 10.8. The zero-order chi connectivity index (χ0) is 19.2. The first-order valence-electron chi connectivity index (χ1n) is 9.96. The zero-order valence-electron chi connectivity index (χ0n) is 18.3. The number of aliphatic carboxylic acids is 1. The number of aliphatic hydroxyl groups excluding tert-OH is 2. The molecule has 2 saturated heterocycles. The van der Waals surface area contributed by atoms with Crippen LogP contribution in [0.15, 0.2) is 0 Å². The molecule has 29 heavy (non-hydrogen) atoms. The minimum Gasteiger partial charge on any atom is -1.00 e. The third kappa shape index (κ3) is 4.19. The predicted octanol–water partition coefficient (Wildman–Crippen LogP) is -2.81. The first-order chi connectivity index (χ1) is 13.1. The van der Waals surface area contributed by atoms with E-state index in [1.54, 1.807) is 0 Å². The minimum atomic E-state index is -0.687. The van der Waals surface area contributed by atoms with E-state index in [0.717, 1.165) is 39.6 Å². The number of fused-ring (bicyclic) bond motifs is 4. The molecule has 0 aromatic heterocycles. The van der Waals surface area contributed by atoms with Crippen molar-refractivity contribution in [3.8, 4) is 0 Å². The van der Waals surface area contributed by atoms with Gasteiger partial charge in [0.25, 0.3) is 0 Å². The molecule has 8 nitrogen and oxygen atoms in total. The quantitative estimate of drug-likeness (QED) is 0.410. The molecule has 6 fully saturated rings. The van der Waals surface area contributed by atoms with Crippen molar-refractivity contribution in [2.24, 2.45) is 35.5 Å². The Morgan fingerprint density at radius 2 is 1.38 bits per heavy atom. The number of carbonyl (C=O) groups is 1. The van der Waals surface area contributed by atoms with E-state index in [-0.39, 0.29) is 57.0 Å². The summed E-state index contributed by atoms with van der Waals surface area (Å²) in [6, 6.07) is 0. The summed E-state index contributed by atoms with van der Waals surface area (Å²) in [7, 11) is 1.00. The second kappa shape index (κ2) is 9.84. The van der Waals surface area contributed by atoms with Crippen molar-refractivity contribution in [2.45, 2.75) is 37.3 Å². The van der Waals surface area contributed by atoms with Gasteiger partial charge in [0.15, 0.2) is 11.6 Å². The van der Waals surface area contributed by atoms with Crippen molar-refractivity contribution < 1.29 is 70.0 Å². The normalized spacial score (nSPS) is 40.4. The Morgan fingerprint density at radius 3 is 1.76 bits per heavy atom. The first-order valence-corrected chi connectivity index (χ1v) is 9.96. The molecule has 0 aromatic rings. The fourth-order valence-electron chi connectivity index (χ4n) is 6.09. The van der Waals surface area contributed by atoms with Crippen LogP contribution in [-0.4, -0.2) is 81.4 Å². The van der Waals surface area contributed by atoms with E-state index in [2.05, 4.69) is 0 Å². The molecule has 2 heterocycles. The van der Waals surface area contributed by atoms with Gasteiger partial charge in [0.1, 0.15) is 0 Å². The summed E-state index contributed by atoms with van der Waals surface area (Å²) >= 11 is 0. The molecule has 6 aliphatic rings. The van der Waals surface area contributed by atoms with Gasteiger partial charge in [-0.05, 0) is 30.6 Å². The second-order valence-corrected chi connectivity index (χ2v) is 8.18. The fraction of sp³-hybridized carbons (Fsp3) is 0.947. The van der Waals surface area contributed by atoms with Crippen molar-refractivity contribution in [3.05, 3.63) is 0 Å². The van der Waals surface area contributed by atoms with E-state index in [9.17, 15) is 4.79 Å². The molecule has 0 aromatic carbocycles. The molecule has 3 N–H and O–H groups in total. The molecule has 4 aliphatic carbocycles. The van der Waals surface area contributed by atoms with Crippen LogP contribution in [0.2, 0.25) is 0 Å². The summed E-state index contributed by atoms with van der Waals surface area (Å²) in [5.74, 6) is 0.448. The standard InChI is InChI=1S/C9H12O4.C9H14O3.CH4O.B.Na.H/c10-8(11)6-5-1-2-9(7(5)6)12-3-4-13-9;10-5-7-6-1-2-9(8(6)7)11-3-4-12-9;1-2;;;/h5-7H,1-4H2,(H,10,11);6-8,10H,1-5H2;2H,1H3;;;/q;;;;+1;-1/t5-,6+,7-;6-,7+,8-;;;;/m00..../s1. The van der Waals surface area contributed by atoms with Gasteiger partial charge >= 0.3 is 35.5 Å². The molecule has 2 aliphatic heterocycles. The van der Waals surface area contributed by atoms with E-state index in [0.29, 0.717) is 43.5 Å². The molecule has 159 valence electrons. The Bertz CT molecular complexity index is 558. The summed E-state index contributed by atoms with van der Waals surface area (Å²) in [6.07, 6.45) is 4.04. The van der Waals surface area contributed by atoms with Crippen LogP contribution >= 0.6 is 0 Å². The smallest absolute Gasteiger partial charge is 1.00 e. The van der Waals surface area contributed by atoms with E-state index in [4.69, 9.17) is 34.3 Å². The molecule has 0 unspecified atom stereocenters. The largest absolute Gasteiger partial charge is 1.00 e. The van der Waals surface area contributed by atoms with Crippen molar-refractivity contribution in [2.75, 3.05) is 40.1 Å². The molecule has 10 heteroatoms. The molecule has 6 rings (SSSR count). The van der Waals surface area contributed by atoms with Crippen molar-refractivity contribution in [3.63, 3.8) is 0 Å². The Kier molecular flexibility index (Phi) is 8.67. The maximum Gasteiger partial charge on any atom is 1.00 e. The number of rotatable bonds is 2. The van der Waals surface area contributed by atoms with Crippen LogP contribution in [0.4, 0.5) is 0 Å². The average molecular weight is 421 g/mol. The second-order valence-electron chi connectivity index (χ2n) is 8.18. The van der Waals surface area contributed by atoms with Crippen LogP contribution in [0.25, 0.3) is 0 Å². The monoisotopic (exact) mass is 421 g/mol. The SMILES string of the molecule is CO.O=C(O)[C@@H]1[C@@H]2CCC3(OCCO3)[C@@H]21.OC[C@@H]1[C@@H]2CCC3(OCCO3)[C@H]12.[B].[H-].[Na+]. The Balaban J connectivity index is 0.000000254. The Morgan fingerprint density at radius 1 is 0.931 bits per heavy atom. The summed E-state index contributed by atoms with van der Waals surface area (Å²) in [5.41, 5.74) is 0. The maximum absolute atomic E-state index is 10.8. The minimum absolute atomic E-state index is 0. The first kappa shape index (κ1) is 25.6. The fourth-order valence-corrected chi connectivity index (χ4v) is 6.09. The van der Waals surface area contributed by atoms with Crippen LogP contribution in [0, 0.1) is 35.5 Å². The van der Waals surface area contributed by atoms with Crippen LogP contribution in [-0.2, 0) is 23.7 Å². The topological polar surface area (TPSA) is 115 Å². The van der Waals surface area contributed by atoms with E-state index < -0.39 is 11.8 Å². The van der Waals surface area contributed by atoms with Crippen LogP contribution in [0.1, 0.15) is 27.1 Å². The van der Waals surface area contributed by atoms with Gasteiger partial charge < -0.3 is 35.7 Å². The van der Waals surface area contributed by atoms with Crippen molar-refractivity contribution in [1.29, 1.82) is 0 Å². The van der Waals surface area contributed by atoms with E-state index in [1.165, 1.54) is 6.42 Å². The molecule has 4 saturated carbocycles. The summed E-state index contributed by atoms with van der Waals surface area (Å²) in [4.78, 5) is 10.8. The van der Waals surface area contributed by atoms with Gasteiger partial charge in [-0.25, -0.2) is 0 Å². The van der Waals surface area contributed by atoms with Gasteiger partial charge in [0, 0.05) is 46.8 Å². The van der Waals surface area contributed by atoms with Gasteiger partial charge in [-0.2, -0.15) is 0 Å². The van der Waals surface area contributed by atoms with Crippen LogP contribution in [0.5, 0.6) is 0 Å². The average Bonchev–Trinajstić information content (AvgIpc) is 3.23. The number of carboxylic acid groups (broad SMARTS) is 1. The molecule has 3 radical (unpaired) electrons. The van der Waals surface area contributed by atoms with Crippen LogP contribution < -0.4 is 29.6 Å². The molecule has 0 bridgehead atoms. The third-order valence-electron chi connectivity index (χ3n) is 7.22. The number of aliphatic hydroxyl groups is 2. The summed E-state index contributed by atoms with van der Waals surface area (Å²) < 4.78 is 22.4. The molecule has 0 amide bonds. The summed E-state index contributed by atoms with van der Waals surface area (Å²) in [5, 5.41) is 24.9.